The molecule has 3 aromatic rings. The fourth-order valence-corrected chi connectivity index (χ4v) is 2.43. The zero-order valence-electron chi connectivity index (χ0n) is 12.4. The number of nitrogens with zero attached hydrogens (tertiary/aromatic N) is 2. The molecule has 0 atom stereocenters. The lowest BCUT2D eigenvalue weighted by atomic mass is 10.2. The Morgan fingerprint density at radius 1 is 1.17 bits per heavy atom. The van der Waals surface area contributed by atoms with E-state index in [1.54, 1.807) is 42.5 Å². The van der Waals surface area contributed by atoms with E-state index in [9.17, 15) is 4.79 Å². The maximum Gasteiger partial charge on any atom is 0.313 e. The molecule has 122 valence electrons. The molecule has 3 rings (SSSR count). The second kappa shape index (κ2) is 6.90. The third-order valence-electron chi connectivity index (χ3n) is 3.10. The molecule has 6 nitrogen and oxygen atoms in total. The smallest absolute Gasteiger partial charge is 0.313 e. The fraction of sp³-hybridized carbons (Fsp3) is 0.0625. The van der Waals surface area contributed by atoms with Crippen molar-refractivity contribution in [3.8, 4) is 17.2 Å². The number of rotatable bonds is 4. The highest BCUT2D eigenvalue weighted by atomic mass is 35.5. The lowest BCUT2D eigenvalue weighted by Crippen LogP contribution is -2.12. The van der Waals surface area contributed by atoms with E-state index in [1.165, 1.54) is 7.11 Å². The third kappa shape index (κ3) is 3.50. The Morgan fingerprint density at radius 3 is 2.71 bits per heavy atom. The van der Waals surface area contributed by atoms with E-state index in [2.05, 4.69) is 15.5 Å². The first-order valence-electron chi connectivity index (χ1n) is 6.81. The van der Waals surface area contributed by atoms with Crippen molar-refractivity contribution < 1.29 is 13.9 Å². The molecule has 0 fully saturated rings. The van der Waals surface area contributed by atoms with Crippen molar-refractivity contribution in [1.82, 2.24) is 10.2 Å². The van der Waals surface area contributed by atoms with Crippen molar-refractivity contribution >= 4 is 34.8 Å². The van der Waals surface area contributed by atoms with Crippen LogP contribution in [-0.4, -0.2) is 23.2 Å². The second-order valence-corrected chi connectivity index (χ2v) is 5.57. The predicted octanol–water partition coefficient (Wildman–Crippen LogP) is 4.30. The van der Waals surface area contributed by atoms with Gasteiger partial charge in [-0.1, -0.05) is 29.3 Å². The van der Waals surface area contributed by atoms with Gasteiger partial charge in [0, 0.05) is 16.3 Å². The molecule has 1 amide bonds. The number of methoxy groups -OCH3 is 1. The molecule has 0 saturated heterocycles. The quantitative estimate of drug-likeness (QED) is 0.747. The van der Waals surface area contributed by atoms with E-state index in [4.69, 9.17) is 32.4 Å². The maximum absolute atomic E-state index is 12.2. The largest absolute Gasteiger partial charge is 0.495 e. The third-order valence-corrected chi connectivity index (χ3v) is 3.63. The fourth-order valence-electron chi connectivity index (χ4n) is 1.98. The standard InChI is InChI=1S/C16H11Cl2N3O3/c1-23-13-6-5-11(8-12(13)18)19-14(22)16-21-20-15(24-16)9-3-2-4-10(17)7-9/h2-8H,1H3,(H,19,22). The average molecular weight is 364 g/mol. The molecule has 24 heavy (non-hydrogen) atoms. The minimum Gasteiger partial charge on any atom is -0.495 e. The molecule has 0 unspecified atom stereocenters. The summed E-state index contributed by atoms with van der Waals surface area (Å²) in [5, 5.41) is 11.1. The number of amides is 1. The van der Waals surface area contributed by atoms with Crippen molar-refractivity contribution in [3.05, 3.63) is 58.4 Å². The van der Waals surface area contributed by atoms with E-state index in [1.807, 2.05) is 0 Å². The lowest BCUT2D eigenvalue weighted by molar-refractivity contribution is 0.0991. The van der Waals surface area contributed by atoms with Crippen LogP contribution >= 0.6 is 23.2 Å². The number of nitrogens with one attached hydrogen (secondary N) is 1. The molecular weight excluding hydrogens is 353 g/mol. The molecule has 1 N–H and O–H groups in total. The van der Waals surface area contributed by atoms with Gasteiger partial charge < -0.3 is 14.5 Å². The van der Waals surface area contributed by atoms with Gasteiger partial charge in [0.2, 0.25) is 5.89 Å². The van der Waals surface area contributed by atoms with Crippen molar-refractivity contribution in [2.24, 2.45) is 0 Å². The Hall–Kier alpha value is -2.57. The van der Waals surface area contributed by atoms with Gasteiger partial charge >= 0.3 is 11.8 Å². The van der Waals surface area contributed by atoms with Crippen LogP contribution in [0.5, 0.6) is 5.75 Å². The topological polar surface area (TPSA) is 77.2 Å². The van der Waals surface area contributed by atoms with Gasteiger partial charge in [-0.2, -0.15) is 0 Å². The monoisotopic (exact) mass is 363 g/mol. The summed E-state index contributed by atoms with van der Waals surface area (Å²) in [7, 11) is 1.51. The highest BCUT2D eigenvalue weighted by Gasteiger charge is 2.16. The molecule has 8 heteroatoms. The first-order chi connectivity index (χ1) is 11.6. The Labute approximate surface area is 147 Å². The normalized spacial score (nSPS) is 10.5. The summed E-state index contributed by atoms with van der Waals surface area (Å²) in [4.78, 5) is 12.2. The van der Waals surface area contributed by atoms with Gasteiger partial charge in [-0.3, -0.25) is 4.79 Å². The minimum atomic E-state index is -0.544. The number of hydrogen-bond acceptors (Lipinski definition) is 5. The molecule has 0 saturated carbocycles. The van der Waals surface area contributed by atoms with Crippen molar-refractivity contribution in [2.75, 3.05) is 12.4 Å². The summed E-state index contributed by atoms with van der Waals surface area (Å²) in [5.41, 5.74) is 1.11. The lowest BCUT2D eigenvalue weighted by Gasteiger charge is -2.06. The van der Waals surface area contributed by atoms with E-state index in [-0.39, 0.29) is 11.8 Å². The van der Waals surface area contributed by atoms with E-state index < -0.39 is 5.91 Å². The van der Waals surface area contributed by atoms with Gasteiger partial charge in [0.1, 0.15) is 5.75 Å². The molecule has 0 radical (unpaired) electrons. The van der Waals surface area contributed by atoms with E-state index >= 15 is 0 Å². The molecule has 0 aliphatic heterocycles. The molecule has 0 aliphatic rings. The SMILES string of the molecule is COc1ccc(NC(=O)c2nnc(-c3cccc(Cl)c3)o2)cc1Cl. The number of hydrogen-bond donors (Lipinski definition) is 1. The molecule has 0 aliphatic carbocycles. The molecular formula is C16H11Cl2N3O3. The zero-order chi connectivity index (χ0) is 17.1. The Balaban J connectivity index is 1.78. The Bertz CT molecular complexity index is 896. The Kier molecular flexibility index (Phi) is 4.69. The summed E-state index contributed by atoms with van der Waals surface area (Å²) in [6.45, 7) is 0. The van der Waals surface area contributed by atoms with Crippen molar-refractivity contribution in [1.29, 1.82) is 0 Å². The van der Waals surface area contributed by atoms with Crippen LogP contribution < -0.4 is 10.1 Å². The van der Waals surface area contributed by atoms with Crippen LogP contribution in [0, 0.1) is 0 Å². The number of carbonyl (C=O) groups is 1. The number of halogens is 2. The summed E-state index contributed by atoms with van der Waals surface area (Å²) in [5.74, 6) is 0.0000365. The van der Waals surface area contributed by atoms with Gasteiger partial charge in [-0.05, 0) is 36.4 Å². The molecule has 0 bridgehead atoms. The van der Waals surface area contributed by atoms with Gasteiger partial charge in [0.05, 0.1) is 12.1 Å². The minimum absolute atomic E-state index is 0.170. The van der Waals surface area contributed by atoms with Gasteiger partial charge in [0.25, 0.3) is 0 Å². The highest BCUT2D eigenvalue weighted by Crippen LogP contribution is 2.27. The van der Waals surface area contributed by atoms with Crippen LogP contribution in [-0.2, 0) is 0 Å². The van der Waals surface area contributed by atoms with Crippen LogP contribution in [0.1, 0.15) is 10.7 Å². The van der Waals surface area contributed by atoms with E-state index in [0.717, 1.165) is 0 Å². The van der Waals surface area contributed by atoms with Crippen molar-refractivity contribution in [2.45, 2.75) is 0 Å². The first kappa shape index (κ1) is 16.3. The number of anilines is 1. The van der Waals surface area contributed by atoms with Gasteiger partial charge in [0.15, 0.2) is 0 Å². The molecule has 1 aromatic heterocycles. The van der Waals surface area contributed by atoms with Crippen LogP contribution in [0.2, 0.25) is 10.0 Å². The van der Waals surface area contributed by atoms with Crippen LogP contribution in [0.4, 0.5) is 5.69 Å². The van der Waals surface area contributed by atoms with Crippen LogP contribution in [0.25, 0.3) is 11.5 Å². The first-order valence-corrected chi connectivity index (χ1v) is 7.57. The molecule has 2 aromatic carbocycles. The van der Waals surface area contributed by atoms with Gasteiger partial charge in [-0.25, -0.2) is 0 Å². The Morgan fingerprint density at radius 2 is 2.00 bits per heavy atom. The number of aromatic nitrogens is 2. The maximum atomic E-state index is 12.2. The van der Waals surface area contributed by atoms with E-state index in [0.29, 0.717) is 27.0 Å². The average Bonchev–Trinajstić information content (AvgIpc) is 3.05. The summed E-state index contributed by atoms with van der Waals surface area (Å²) < 4.78 is 10.4. The number of benzene rings is 2. The number of ether oxygens (including phenoxy) is 1. The molecule has 0 spiro atoms. The zero-order valence-corrected chi connectivity index (χ0v) is 13.9. The van der Waals surface area contributed by atoms with Crippen molar-refractivity contribution in [3.63, 3.8) is 0 Å². The highest BCUT2D eigenvalue weighted by molar-refractivity contribution is 6.32. The summed E-state index contributed by atoms with van der Waals surface area (Å²) >= 11 is 11.9. The van der Waals surface area contributed by atoms with Gasteiger partial charge in [-0.15, -0.1) is 10.2 Å². The summed E-state index contributed by atoms with van der Waals surface area (Å²) in [6, 6.07) is 11.8. The second-order valence-electron chi connectivity index (χ2n) is 4.73. The van der Waals surface area contributed by atoms with Crippen LogP contribution in [0.15, 0.2) is 46.9 Å². The summed E-state index contributed by atoms with van der Waals surface area (Å²) in [6.07, 6.45) is 0. The predicted molar refractivity (Wildman–Crippen MR) is 90.7 cm³/mol. The van der Waals surface area contributed by atoms with Crippen LogP contribution in [0.3, 0.4) is 0 Å². The number of carbonyl (C=O) groups excluding carboxylic acids is 1. The molecule has 1 heterocycles.